The number of rotatable bonds is 4. The summed E-state index contributed by atoms with van der Waals surface area (Å²) in [6, 6.07) is 0.329. The van der Waals surface area contributed by atoms with Crippen molar-refractivity contribution in [1.29, 1.82) is 0 Å². The number of piperidine rings is 1. The molecule has 1 aromatic rings. The molecule has 0 aliphatic carbocycles. The summed E-state index contributed by atoms with van der Waals surface area (Å²) in [5.74, 6) is 0. The summed E-state index contributed by atoms with van der Waals surface area (Å²) in [6.07, 6.45) is 5.96. The van der Waals surface area contributed by atoms with Gasteiger partial charge in [0.1, 0.15) is 0 Å². The van der Waals surface area contributed by atoms with Gasteiger partial charge in [0, 0.05) is 25.4 Å². The van der Waals surface area contributed by atoms with Crippen molar-refractivity contribution in [2.24, 2.45) is 18.2 Å². The molecule has 19 heavy (non-hydrogen) atoms. The molecule has 0 spiro atoms. The predicted molar refractivity (Wildman–Crippen MR) is 78.9 cm³/mol. The fourth-order valence-corrected chi connectivity index (χ4v) is 3.15. The molecule has 1 unspecified atom stereocenters. The van der Waals surface area contributed by atoms with Gasteiger partial charge in [0.25, 0.3) is 0 Å². The number of aryl methyl sites for hydroxylation is 2. The molecule has 1 saturated heterocycles. The fourth-order valence-electron chi connectivity index (χ4n) is 3.15. The predicted octanol–water partition coefficient (Wildman–Crippen LogP) is 2.24. The van der Waals surface area contributed by atoms with Crippen LogP contribution in [-0.4, -0.2) is 34.3 Å². The van der Waals surface area contributed by atoms with Crippen molar-refractivity contribution >= 4 is 0 Å². The Bertz CT molecular complexity index is 416. The van der Waals surface area contributed by atoms with Gasteiger partial charge in [-0.1, -0.05) is 20.3 Å². The van der Waals surface area contributed by atoms with Crippen molar-refractivity contribution in [1.82, 2.24) is 14.7 Å². The second-order valence-electron chi connectivity index (χ2n) is 6.30. The van der Waals surface area contributed by atoms with Crippen LogP contribution in [0.15, 0.2) is 6.20 Å². The van der Waals surface area contributed by atoms with Gasteiger partial charge in [0.15, 0.2) is 0 Å². The van der Waals surface area contributed by atoms with Gasteiger partial charge < -0.3 is 5.73 Å². The Kier molecular flexibility index (Phi) is 4.31. The average molecular weight is 264 g/mol. The first-order valence-electron chi connectivity index (χ1n) is 7.43. The van der Waals surface area contributed by atoms with Gasteiger partial charge in [0.05, 0.1) is 11.7 Å². The minimum Gasteiger partial charge on any atom is -0.329 e. The van der Waals surface area contributed by atoms with Crippen LogP contribution in [-0.2, 0) is 7.05 Å². The quantitative estimate of drug-likeness (QED) is 0.907. The molecule has 1 aromatic heterocycles. The van der Waals surface area contributed by atoms with Crippen molar-refractivity contribution in [2.45, 2.75) is 46.1 Å². The summed E-state index contributed by atoms with van der Waals surface area (Å²) in [5.41, 5.74) is 8.97. The third-order valence-corrected chi connectivity index (χ3v) is 4.93. The van der Waals surface area contributed by atoms with Crippen LogP contribution in [0.2, 0.25) is 0 Å². The molecule has 0 bridgehead atoms. The van der Waals surface area contributed by atoms with E-state index in [-0.39, 0.29) is 0 Å². The Labute approximate surface area is 117 Å². The van der Waals surface area contributed by atoms with E-state index in [1.165, 1.54) is 24.8 Å². The highest BCUT2D eigenvalue weighted by Crippen LogP contribution is 2.36. The first-order valence-corrected chi connectivity index (χ1v) is 7.43. The Balaban J connectivity index is 2.10. The molecule has 2 rings (SSSR count). The van der Waals surface area contributed by atoms with E-state index in [9.17, 15) is 0 Å². The molecule has 0 amide bonds. The molecule has 1 aliphatic rings. The lowest BCUT2D eigenvalue weighted by Crippen LogP contribution is -2.42. The molecule has 108 valence electrons. The zero-order chi connectivity index (χ0) is 14.0. The van der Waals surface area contributed by atoms with Crippen LogP contribution in [0.5, 0.6) is 0 Å². The molecule has 0 radical (unpaired) electrons. The number of likely N-dealkylation sites (tertiary alicyclic amines) is 1. The van der Waals surface area contributed by atoms with Gasteiger partial charge in [-0.25, -0.2) is 0 Å². The first kappa shape index (κ1) is 14.5. The molecule has 1 aliphatic heterocycles. The molecule has 1 atom stereocenters. The maximum atomic E-state index is 6.04. The number of nitrogens with two attached hydrogens (primary N) is 1. The van der Waals surface area contributed by atoms with E-state index in [0.29, 0.717) is 18.0 Å². The number of nitrogens with zero attached hydrogens (tertiary/aromatic N) is 3. The maximum absolute atomic E-state index is 6.04. The van der Waals surface area contributed by atoms with Crippen LogP contribution in [0.4, 0.5) is 0 Å². The van der Waals surface area contributed by atoms with E-state index in [2.05, 4.69) is 37.0 Å². The lowest BCUT2D eigenvalue weighted by Gasteiger charge is -2.42. The highest BCUT2D eigenvalue weighted by molar-refractivity contribution is 5.21. The zero-order valence-corrected chi connectivity index (χ0v) is 12.8. The fraction of sp³-hybridized carbons (Fsp3) is 0.800. The van der Waals surface area contributed by atoms with Gasteiger partial charge in [-0.2, -0.15) is 5.10 Å². The van der Waals surface area contributed by atoms with Crippen molar-refractivity contribution < 1.29 is 0 Å². The van der Waals surface area contributed by atoms with Crippen LogP contribution in [0.25, 0.3) is 0 Å². The highest BCUT2D eigenvalue weighted by atomic mass is 15.3. The summed E-state index contributed by atoms with van der Waals surface area (Å²) in [6.45, 7) is 9.78. The molecular formula is C15H28N4. The van der Waals surface area contributed by atoms with E-state index in [0.717, 1.165) is 18.8 Å². The number of aromatic nitrogens is 2. The van der Waals surface area contributed by atoms with E-state index < -0.39 is 0 Å². The summed E-state index contributed by atoms with van der Waals surface area (Å²) in [5, 5.41) is 4.45. The van der Waals surface area contributed by atoms with E-state index >= 15 is 0 Å². The monoisotopic (exact) mass is 264 g/mol. The third kappa shape index (κ3) is 3.00. The molecule has 0 saturated carbocycles. The molecular weight excluding hydrogens is 236 g/mol. The summed E-state index contributed by atoms with van der Waals surface area (Å²) in [4.78, 5) is 2.54. The van der Waals surface area contributed by atoms with E-state index in [1.807, 2.05) is 11.7 Å². The lowest BCUT2D eigenvalue weighted by atomic mass is 9.78. The number of hydrogen-bond donors (Lipinski definition) is 1. The largest absolute Gasteiger partial charge is 0.329 e. The molecule has 4 heteroatoms. The van der Waals surface area contributed by atoms with Crippen LogP contribution < -0.4 is 5.73 Å². The Morgan fingerprint density at radius 1 is 1.42 bits per heavy atom. The average Bonchev–Trinajstić information content (AvgIpc) is 2.72. The first-order chi connectivity index (χ1) is 8.99. The van der Waals surface area contributed by atoms with Crippen molar-refractivity contribution in [3.63, 3.8) is 0 Å². The van der Waals surface area contributed by atoms with Crippen molar-refractivity contribution in [3.8, 4) is 0 Å². The minimum atomic E-state index is 0.329. The van der Waals surface area contributed by atoms with Gasteiger partial charge >= 0.3 is 0 Å². The standard InChI is InChI=1S/C15H28N4/c1-5-15(3)6-8-19(9-7-15)14(10-16)13-11-18(4)17-12(13)2/h11,14H,5-10,16H2,1-4H3. The Morgan fingerprint density at radius 3 is 2.47 bits per heavy atom. The highest BCUT2D eigenvalue weighted by Gasteiger charge is 2.32. The van der Waals surface area contributed by atoms with Crippen molar-refractivity contribution in [3.05, 3.63) is 17.5 Å². The van der Waals surface area contributed by atoms with Gasteiger partial charge in [0.2, 0.25) is 0 Å². The summed E-state index contributed by atoms with van der Waals surface area (Å²) >= 11 is 0. The second-order valence-corrected chi connectivity index (χ2v) is 6.30. The topological polar surface area (TPSA) is 47.1 Å². The van der Waals surface area contributed by atoms with Crippen LogP contribution in [0, 0.1) is 12.3 Å². The van der Waals surface area contributed by atoms with Gasteiger partial charge in [-0.15, -0.1) is 0 Å². The SMILES string of the molecule is CCC1(C)CCN(C(CN)c2cn(C)nc2C)CC1. The van der Waals surface area contributed by atoms with Gasteiger partial charge in [-0.05, 0) is 38.3 Å². The zero-order valence-electron chi connectivity index (χ0n) is 12.8. The minimum absolute atomic E-state index is 0.329. The Morgan fingerprint density at radius 2 is 2.05 bits per heavy atom. The lowest BCUT2D eigenvalue weighted by molar-refractivity contribution is 0.0826. The van der Waals surface area contributed by atoms with E-state index in [4.69, 9.17) is 5.73 Å². The van der Waals surface area contributed by atoms with Gasteiger partial charge in [-0.3, -0.25) is 9.58 Å². The van der Waals surface area contributed by atoms with Crippen LogP contribution >= 0.6 is 0 Å². The maximum Gasteiger partial charge on any atom is 0.0641 e. The third-order valence-electron chi connectivity index (χ3n) is 4.93. The normalized spacial score (nSPS) is 21.5. The summed E-state index contributed by atoms with van der Waals surface area (Å²) < 4.78 is 1.90. The molecule has 2 heterocycles. The summed E-state index contributed by atoms with van der Waals surface area (Å²) in [7, 11) is 1.98. The molecule has 1 fully saturated rings. The molecule has 0 aromatic carbocycles. The van der Waals surface area contributed by atoms with Crippen LogP contribution in [0.1, 0.15) is 50.4 Å². The van der Waals surface area contributed by atoms with Crippen molar-refractivity contribution in [2.75, 3.05) is 19.6 Å². The smallest absolute Gasteiger partial charge is 0.0641 e. The molecule has 4 nitrogen and oxygen atoms in total. The molecule has 2 N–H and O–H groups in total. The Hall–Kier alpha value is -0.870. The number of hydrogen-bond acceptors (Lipinski definition) is 3. The second kappa shape index (κ2) is 5.63. The van der Waals surface area contributed by atoms with E-state index in [1.54, 1.807) is 0 Å². The van der Waals surface area contributed by atoms with Crippen LogP contribution in [0.3, 0.4) is 0 Å².